The number of alkyl halides is 6. The van der Waals surface area contributed by atoms with E-state index in [1.807, 2.05) is 82.6 Å². The molecule has 12 rings (SSSR count). The number of hydrogen-bond acceptors (Lipinski definition) is 14. The molecule has 0 spiro atoms. The normalized spacial score (nSPS) is 23.8. The molecule has 0 unspecified atom stereocenters. The minimum Gasteiger partial charge on any atom is -0.475 e. The van der Waals surface area contributed by atoms with Crippen LogP contribution in [-0.2, 0) is 31.9 Å². The van der Waals surface area contributed by atoms with E-state index in [4.69, 9.17) is 39.2 Å². The number of aromatic nitrogens is 4. The van der Waals surface area contributed by atoms with Crippen LogP contribution in [0, 0.1) is 0 Å². The minimum absolute atomic E-state index is 0.0389. The van der Waals surface area contributed by atoms with Gasteiger partial charge in [0, 0.05) is 88.7 Å². The van der Waals surface area contributed by atoms with Crippen molar-refractivity contribution in [2.45, 2.75) is 150 Å². The van der Waals surface area contributed by atoms with Crippen LogP contribution in [0.25, 0.3) is 22.5 Å². The SMILES string of the molecule is CN1CCC(OC[C@@]2(O)CCCC[C@@H]2n2cnc(C(=O)N3CCNC[C@H]3Cc3ccccc3)c2-c2ccccc2)CC1.CN1CCC(OC[C@]2(O)CCCC[C@H]2n2cnc(C(=O)N3CCNC[C@H]3Cc3ccccc3)c2-c2ccccc2)CC1.O=C(O)C(F)(F)F.O=C(O)C(F)(F)F. The number of benzene rings is 4. The van der Waals surface area contributed by atoms with Crippen LogP contribution in [0.15, 0.2) is 134 Å². The summed E-state index contributed by atoms with van der Waals surface area (Å²) >= 11 is 0. The van der Waals surface area contributed by atoms with Crippen LogP contribution in [0.1, 0.15) is 121 Å². The number of nitrogens with one attached hydrogen (secondary N) is 2. The summed E-state index contributed by atoms with van der Waals surface area (Å²) in [5.41, 5.74) is 4.80. The third-order valence-corrected chi connectivity index (χ3v) is 19.5. The lowest BCUT2D eigenvalue weighted by atomic mass is 9.80. The number of hydrogen-bond donors (Lipinski definition) is 6. The average Bonchev–Trinajstić information content (AvgIpc) is 1.59. The number of likely N-dealkylation sites (tertiary alicyclic amines) is 2. The lowest BCUT2D eigenvalue weighted by Crippen LogP contribution is -2.54. The van der Waals surface area contributed by atoms with Gasteiger partial charge in [0.15, 0.2) is 11.4 Å². The quantitative estimate of drug-likeness (QED) is 0.0494. The molecule has 4 aromatic carbocycles. The number of carboxylic acid groups (broad SMARTS) is 2. The highest BCUT2D eigenvalue weighted by atomic mass is 19.4. The van der Waals surface area contributed by atoms with Gasteiger partial charge in [-0.1, -0.05) is 147 Å². The summed E-state index contributed by atoms with van der Waals surface area (Å²) in [5, 5.41) is 45.5. The minimum atomic E-state index is -5.08. The number of carbonyl (C=O) groups is 4. The molecule has 2 aliphatic carbocycles. The van der Waals surface area contributed by atoms with Gasteiger partial charge in [-0.15, -0.1) is 0 Å². The monoisotopic (exact) mass is 1370 g/mol. The number of imidazole rings is 2. The summed E-state index contributed by atoms with van der Waals surface area (Å²) < 4.78 is 80.5. The van der Waals surface area contributed by atoms with Crippen molar-refractivity contribution >= 4 is 23.8 Å². The smallest absolute Gasteiger partial charge is 0.475 e. The van der Waals surface area contributed by atoms with E-state index < -0.39 is 35.5 Å². The van der Waals surface area contributed by atoms with Crippen LogP contribution < -0.4 is 10.6 Å². The van der Waals surface area contributed by atoms with Crippen LogP contribution >= 0.6 is 0 Å². The number of aliphatic carboxylic acids is 2. The molecule has 2 saturated carbocycles. The Bertz CT molecular complexity index is 3260. The molecule has 2 amide bonds. The Balaban J connectivity index is 0.000000192. The molecule has 2 aromatic heterocycles. The van der Waals surface area contributed by atoms with Crippen molar-refractivity contribution in [3.05, 3.63) is 156 Å². The lowest BCUT2D eigenvalue weighted by Gasteiger charge is -2.42. The second-order valence-corrected chi connectivity index (χ2v) is 26.5. The first-order valence-electron chi connectivity index (χ1n) is 33.9. The fourth-order valence-corrected chi connectivity index (χ4v) is 14.1. The predicted molar refractivity (Wildman–Crippen MR) is 356 cm³/mol. The number of ether oxygens (including phenoxy) is 2. The van der Waals surface area contributed by atoms with Crippen LogP contribution in [0.3, 0.4) is 0 Å². The fraction of sp³-hybridized carbons (Fsp3) is 0.528. The van der Waals surface area contributed by atoms with Crippen molar-refractivity contribution in [3.63, 3.8) is 0 Å². The summed E-state index contributed by atoms with van der Waals surface area (Å²) in [4.78, 5) is 64.7. The molecule has 6 aliphatic rings. The van der Waals surface area contributed by atoms with E-state index in [2.05, 4.69) is 92.2 Å². The third-order valence-electron chi connectivity index (χ3n) is 19.5. The summed E-state index contributed by atoms with van der Waals surface area (Å²) in [6.45, 7) is 8.98. The molecule has 4 aliphatic heterocycles. The topological polar surface area (TPSA) is 240 Å². The van der Waals surface area contributed by atoms with E-state index in [1.165, 1.54) is 11.1 Å². The molecular formula is C72H92F6N10O10. The summed E-state index contributed by atoms with van der Waals surface area (Å²) in [5.74, 6) is -5.60. The van der Waals surface area contributed by atoms with Gasteiger partial charge in [-0.25, -0.2) is 19.6 Å². The van der Waals surface area contributed by atoms with Crippen LogP contribution in [-0.4, -0.2) is 223 Å². The van der Waals surface area contributed by atoms with Gasteiger partial charge in [0.2, 0.25) is 0 Å². The van der Waals surface area contributed by atoms with Crippen LogP contribution in [0.4, 0.5) is 26.3 Å². The molecule has 4 saturated heterocycles. The number of amides is 2. The molecular weight excluding hydrogens is 1280 g/mol. The number of halogens is 6. The van der Waals surface area contributed by atoms with Crippen molar-refractivity contribution in [2.24, 2.45) is 0 Å². The summed E-state index contributed by atoms with van der Waals surface area (Å²) in [6, 6.07) is 40.5. The fourth-order valence-electron chi connectivity index (χ4n) is 14.1. The number of piperidine rings is 2. The van der Waals surface area contributed by atoms with Gasteiger partial charge in [0.25, 0.3) is 11.8 Å². The first kappa shape index (κ1) is 74.7. The van der Waals surface area contributed by atoms with Gasteiger partial charge < -0.3 is 69.3 Å². The van der Waals surface area contributed by atoms with E-state index in [-0.39, 0.29) is 48.2 Å². The van der Waals surface area contributed by atoms with Gasteiger partial charge in [0.05, 0.1) is 61.5 Å². The summed E-state index contributed by atoms with van der Waals surface area (Å²) in [6.07, 6.45) is 6.28. The highest BCUT2D eigenvalue weighted by Crippen LogP contribution is 2.44. The van der Waals surface area contributed by atoms with Gasteiger partial charge in [0.1, 0.15) is 11.2 Å². The number of carboxylic acids is 2. The zero-order valence-corrected chi connectivity index (χ0v) is 55.6. The first-order chi connectivity index (χ1) is 46.9. The second kappa shape index (κ2) is 34.5. The standard InChI is InChI=1S/2C34H45N5O3.2C2HF3O2/c2*1-37-19-15-29(16-20-37)42-24-34(41)17-9-8-14-30(34)39-25-36-31(32(39)27-12-6-3-7-13-27)33(40)38-21-18-35-23-28(38)22-26-10-4-2-5-11-26;2*3-2(4,5)1(6)7/h2*2-7,10-13,25,28-30,35,41H,8-9,14-24H2,1H3;2*(H,6,7)/t28-,30+,34+;28-,30-,34-;;/m11../s1. The molecule has 20 nitrogen and oxygen atoms in total. The van der Waals surface area contributed by atoms with E-state index in [0.29, 0.717) is 50.5 Å². The van der Waals surface area contributed by atoms with Crippen molar-refractivity contribution in [2.75, 3.05) is 92.8 Å². The number of carbonyl (C=O) groups excluding carboxylic acids is 2. The van der Waals surface area contributed by atoms with Crippen molar-refractivity contribution in [3.8, 4) is 22.5 Å². The van der Waals surface area contributed by atoms with Crippen molar-refractivity contribution < 1.29 is 75.4 Å². The lowest BCUT2D eigenvalue weighted by molar-refractivity contribution is -0.193. The second-order valence-electron chi connectivity index (χ2n) is 26.5. The average molecular weight is 1370 g/mol. The van der Waals surface area contributed by atoms with Crippen molar-refractivity contribution in [1.29, 1.82) is 0 Å². The molecule has 6 fully saturated rings. The van der Waals surface area contributed by atoms with E-state index in [9.17, 15) is 46.1 Å². The number of rotatable bonds is 16. The molecule has 6 heterocycles. The Kier molecular flexibility index (Phi) is 26.3. The van der Waals surface area contributed by atoms with Gasteiger partial charge in [-0.2, -0.15) is 26.3 Å². The Morgan fingerprint density at radius 2 is 0.827 bits per heavy atom. The van der Waals surface area contributed by atoms with E-state index >= 15 is 0 Å². The molecule has 26 heteroatoms. The Hall–Kier alpha value is -7.56. The molecule has 6 aromatic rings. The number of aliphatic hydroxyl groups is 2. The van der Waals surface area contributed by atoms with Gasteiger partial charge in [-0.3, -0.25) is 9.59 Å². The number of piperazine rings is 2. The largest absolute Gasteiger partial charge is 0.490 e. The predicted octanol–water partition coefficient (Wildman–Crippen LogP) is 9.59. The first-order valence-corrected chi connectivity index (χ1v) is 33.9. The van der Waals surface area contributed by atoms with Gasteiger partial charge >= 0.3 is 24.3 Å². The van der Waals surface area contributed by atoms with Crippen molar-refractivity contribution in [1.82, 2.24) is 49.3 Å². The molecule has 532 valence electrons. The van der Waals surface area contributed by atoms with Crippen LogP contribution in [0.5, 0.6) is 0 Å². The maximum atomic E-state index is 14.3. The zero-order valence-electron chi connectivity index (χ0n) is 55.6. The maximum absolute atomic E-state index is 14.3. The molecule has 6 atom stereocenters. The molecule has 0 bridgehead atoms. The Morgan fingerprint density at radius 3 is 1.15 bits per heavy atom. The molecule has 0 radical (unpaired) electrons. The van der Waals surface area contributed by atoms with E-state index in [0.717, 1.165) is 152 Å². The highest BCUT2D eigenvalue weighted by Gasteiger charge is 2.46. The number of nitrogens with zero attached hydrogens (tertiary/aromatic N) is 8. The van der Waals surface area contributed by atoms with E-state index in [1.54, 1.807) is 12.7 Å². The molecule has 6 N–H and O–H groups in total. The Labute approximate surface area is 567 Å². The summed E-state index contributed by atoms with van der Waals surface area (Å²) in [7, 11) is 4.29. The zero-order chi connectivity index (χ0) is 70.0. The highest BCUT2D eigenvalue weighted by molar-refractivity contribution is 5.99. The molecule has 98 heavy (non-hydrogen) atoms. The Morgan fingerprint density at radius 1 is 0.500 bits per heavy atom. The third kappa shape index (κ3) is 19.9. The van der Waals surface area contributed by atoms with Crippen LogP contribution in [0.2, 0.25) is 0 Å². The maximum Gasteiger partial charge on any atom is 0.490 e. The van der Waals surface area contributed by atoms with Gasteiger partial charge in [-0.05, 0) is 89.4 Å².